The molecule has 1 saturated heterocycles. The highest BCUT2D eigenvalue weighted by atomic mass is 15.3. The summed E-state index contributed by atoms with van der Waals surface area (Å²) in [6.07, 6.45) is 5.75. The second-order valence-corrected chi connectivity index (χ2v) is 7.33. The van der Waals surface area contributed by atoms with Gasteiger partial charge in [0.15, 0.2) is 5.82 Å². The second-order valence-electron chi connectivity index (χ2n) is 7.33. The minimum Gasteiger partial charge on any atom is -0.356 e. The molecule has 0 spiro atoms. The van der Waals surface area contributed by atoms with Gasteiger partial charge in [-0.05, 0) is 30.9 Å². The average Bonchev–Trinajstić information content (AvgIpc) is 3.27. The quantitative estimate of drug-likeness (QED) is 0.547. The van der Waals surface area contributed by atoms with Crippen LogP contribution in [-0.4, -0.2) is 37.8 Å². The maximum Gasteiger partial charge on any atom is 0.162 e. The van der Waals surface area contributed by atoms with Crippen molar-refractivity contribution >= 4 is 16.7 Å². The molecular weight excluding hydrogens is 348 g/mol. The van der Waals surface area contributed by atoms with E-state index in [1.54, 1.807) is 12.7 Å². The van der Waals surface area contributed by atoms with Crippen LogP contribution in [0.3, 0.4) is 0 Å². The maximum absolute atomic E-state index is 5.01. The first kappa shape index (κ1) is 16.9. The van der Waals surface area contributed by atoms with Crippen LogP contribution in [0.1, 0.15) is 12.8 Å². The van der Waals surface area contributed by atoms with E-state index in [-0.39, 0.29) is 0 Å². The summed E-state index contributed by atoms with van der Waals surface area (Å²) in [4.78, 5) is 16.3. The number of hydrogen-bond acceptors (Lipinski definition) is 5. The van der Waals surface area contributed by atoms with Crippen LogP contribution in [0.2, 0.25) is 0 Å². The van der Waals surface area contributed by atoms with Crippen LogP contribution < -0.4 is 4.90 Å². The Morgan fingerprint density at radius 1 is 0.964 bits per heavy atom. The SMILES string of the molecule is c1ccc(-c2nc(N3CCCC(Cn4cncn4)C3)c3ccccc3n2)cc1. The average molecular weight is 370 g/mol. The zero-order chi connectivity index (χ0) is 18.8. The summed E-state index contributed by atoms with van der Waals surface area (Å²) in [5, 5.41) is 5.39. The molecule has 3 heterocycles. The van der Waals surface area contributed by atoms with Crippen LogP contribution in [0.4, 0.5) is 5.82 Å². The van der Waals surface area contributed by atoms with Crippen molar-refractivity contribution in [3.05, 3.63) is 67.3 Å². The lowest BCUT2D eigenvalue weighted by Crippen LogP contribution is -2.38. The lowest BCUT2D eigenvalue weighted by atomic mass is 9.97. The van der Waals surface area contributed by atoms with Crippen LogP contribution in [0.15, 0.2) is 67.3 Å². The minimum atomic E-state index is 0.532. The van der Waals surface area contributed by atoms with E-state index in [9.17, 15) is 0 Å². The van der Waals surface area contributed by atoms with Crippen molar-refractivity contribution in [1.29, 1.82) is 0 Å². The summed E-state index contributed by atoms with van der Waals surface area (Å²) in [5.74, 6) is 2.35. The molecular formula is C22H22N6. The van der Waals surface area contributed by atoms with Gasteiger partial charge in [-0.1, -0.05) is 42.5 Å². The molecule has 1 fully saturated rings. The topological polar surface area (TPSA) is 59.7 Å². The van der Waals surface area contributed by atoms with Gasteiger partial charge in [0.2, 0.25) is 0 Å². The van der Waals surface area contributed by atoms with E-state index in [0.29, 0.717) is 5.92 Å². The third-order valence-corrected chi connectivity index (χ3v) is 5.35. The molecule has 140 valence electrons. The molecule has 2 aromatic carbocycles. The molecule has 0 radical (unpaired) electrons. The monoisotopic (exact) mass is 370 g/mol. The predicted octanol–water partition coefficient (Wildman–Crippen LogP) is 3.80. The Bertz CT molecular complexity index is 1060. The minimum absolute atomic E-state index is 0.532. The number of nitrogens with zero attached hydrogens (tertiary/aromatic N) is 6. The molecule has 0 saturated carbocycles. The number of anilines is 1. The molecule has 6 nitrogen and oxygen atoms in total. The largest absolute Gasteiger partial charge is 0.356 e. The molecule has 4 aromatic rings. The summed E-state index contributed by atoms with van der Waals surface area (Å²) < 4.78 is 1.93. The van der Waals surface area contributed by atoms with Crippen LogP contribution in [0, 0.1) is 5.92 Å². The zero-order valence-corrected chi connectivity index (χ0v) is 15.6. The molecule has 5 rings (SSSR count). The first-order chi connectivity index (χ1) is 13.9. The smallest absolute Gasteiger partial charge is 0.162 e. The number of aromatic nitrogens is 5. The lowest BCUT2D eigenvalue weighted by molar-refractivity contribution is 0.351. The normalized spacial score (nSPS) is 17.1. The highest BCUT2D eigenvalue weighted by Gasteiger charge is 2.24. The number of piperidine rings is 1. The van der Waals surface area contributed by atoms with Gasteiger partial charge in [-0.3, -0.25) is 4.68 Å². The van der Waals surface area contributed by atoms with Crippen molar-refractivity contribution in [3.8, 4) is 11.4 Å². The fourth-order valence-electron chi connectivity index (χ4n) is 4.02. The van der Waals surface area contributed by atoms with Crippen molar-refractivity contribution in [1.82, 2.24) is 24.7 Å². The third kappa shape index (κ3) is 3.33. The fourth-order valence-corrected chi connectivity index (χ4v) is 4.02. The zero-order valence-electron chi connectivity index (χ0n) is 15.6. The van der Waals surface area contributed by atoms with Gasteiger partial charge in [-0.15, -0.1) is 0 Å². The highest BCUT2D eigenvalue weighted by molar-refractivity contribution is 5.91. The van der Waals surface area contributed by atoms with Gasteiger partial charge in [0, 0.05) is 30.6 Å². The van der Waals surface area contributed by atoms with Gasteiger partial charge >= 0.3 is 0 Å². The number of para-hydroxylation sites is 1. The molecule has 1 atom stereocenters. The van der Waals surface area contributed by atoms with Crippen molar-refractivity contribution in [2.45, 2.75) is 19.4 Å². The van der Waals surface area contributed by atoms with Crippen LogP contribution in [0.5, 0.6) is 0 Å². The van der Waals surface area contributed by atoms with Gasteiger partial charge in [-0.2, -0.15) is 5.10 Å². The van der Waals surface area contributed by atoms with E-state index in [1.807, 2.05) is 28.9 Å². The first-order valence-corrected chi connectivity index (χ1v) is 9.76. The van der Waals surface area contributed by atoms with Crippen molar-refractivity contribution in [2.24, 2.45) is 5.92 Å². The Kier molecular flexibility index (Phi) is 4.45. The van der Waals surface area contributed by atoms with Gasteiger partial charge < -0.3 is 4.90 Å². The summed E-state index contributed by atoms with van der Waals surface area (Å²) in [6.45, 7) is 2.88. The predicted molar refractivity (Wildman–Crippen MR) is 110 cm³/mol. The number of fused-ring (bicyclic) bond motifs is 1. The van der Waals surface area contributed by atoms with Gasteiger partial charge in [0.05, 0.1) is 5.52 Å². The Hall–Kier alpha value is -3.28. The molecule has 1 aliphatic heterocycles. The van der Waals surface area contributed by atoms with Crippen molar-refractivity contribution in [3.63, 3.8) is 0 Å². The summed E-state index contributed by atoms with van der Waals surface area (Å²) >= 11 is 0. The second kappa shape index (κ2) is 7.38. The van der Waals surface area contributed by atoms with E-state index >= 15 is 0 Å². The molecule has 1 aliphatic rings. The van der Waals surface area contributed by atoms with Gasteiger partial charge in [-0.25, -0.2) is 15.0 Å². The van der Waals surface area contributed by atoms with E-state index in [4.69, 9.17) is 9.97 Å². The fraction of sp³-hybridized carbons (Fsp3) is 0.273. The molecule has 28 heavy (non-hydrogen) atoms. The van der Waals surface area contributed by atoms with Crippen LogP contribution in [0.25, 0.3) is 22.3 Å². The molecule has 2 aromatic heterocycles. The highest BCUT2D eigenvalue weighted by Crippen LogP contribution is 2.30. The van der Waals surface area contributed by atoms with Gasteiger partial charge in [0.25, 0.3) is 0 Å². The molecule has 0 bridgehead atoms. The summed E-state index contributed by atoms with van der Waals surface area (Å²) in [6, 6.07) is 18.5. The van der Waals surface area contributed by atoms with Crippen LogP contribution in [-0.2, 0) is 6.54 Å². The van der Waals surface area contributed by atoms with E-state index in [2.05, 4.69) is 45.3 Å². The third-order valence-electron chi connectivity index (χ3n) is 5.35. The van der Waals surface area contributed by atoms with E-state index in [1.165, 1.54) is 6.42 Å². The first-order valence-electron chi connectivity index (χ1n) is 9.76. The number of hydrogen-bond donors (Lipinski definition) is 0. The number of benzene rings is 2. The molecule has 0 N–H and O–H groups in total. The molecule has 0 aliphatic carbocycles. The standard InChI is InChI=1S/C22H22N6/c1-2-8-18(9-3-1)21-25-20-11-5-4-10-19(20)22(26-21)27-12-6-7-17(13-27)14-28-16-23-15-24-28/h1-5,8-11,15-17H,6-7,12-14H2. The van der Waals surface area contributed by atoms with Crippen molar-refractivity contribution < 1.29 is 0 Å². The Morgan fingerprint density at radius 3 is 2.68 bits per heavy atom. The lowest BCUT2D eigenvalue weighted by Gasteiger charge is -2.34. The summed E-state index contributed by atoms with van der Waals surface area (Å²) in [5.41, 5.74) is 2.04. The Morgan fingerprint density at radius 2 is 1.82 bits per heavy atom. The maximum atomic E-state index is 5.01. The Labute approximate surface area is 163 Å². The molecule has 6 heteroatoms. The molecule has 1 unspecified atom stereocenters. The van der Waals surface area contributed by atoms with Crippen molar-refractivity contribution in [2.75, 3.05) is 18.0 Å². The van der Waals surface area contributed by atoms with Crippen LogP contribution >= 0.6 is 0 Å². The Balaban J connectivity index is 1.52. The number of rotatable bonds is 4. The molecule has 0 amide bonds. The van der Waals surface area contributed by atoms with Gasteiger partial charge in [0.1, 0.15) is 18.5 Å². The van der Waals surface area contributed by atoms with E-state index < -0.39 is 0 Å². The summed E-state index contributed by atoms with van der Waals surface area (Å²) in [7, 11) is 0. The van der Waals surface area contributed by atoms with E-state index in [0.717, 1.165) is 54.2 Å².